The molecule has 1 fully saturated rings. The molecule has 0 aromatic rings. The zero-order valence-electron chi connectivity index (χ0n) is 13.2. The van der Waals surface area contributed by atoms with Crippen LogP contribution in [0, 0.1) is 5.92 Å². The Morgan fingerprint density at radius 3 is 2.71 bits per heavy atom. The van der Waals surface area contributed by atoms with Crippen LogP contribution in [0.3, 0.4) is 0 Å². The van der Waals surface area contributed by atoms with Crippen LogP contribution in [-0.2, 0) is 14.4 Å². The van der Waals surface area contributed by atoms with E-state index >= 15 is 0 Å². The van der Waals surface area contributed by atoms with Gasteiger partial charge in [0.1, 0.15) is 18.3 Å². The zero-order valence-corrected chi connectivity index (χ0v) is 13.2. The molecule has 0 radical (unpaired) electrons. The molecule has 0 aliphatic carbocycles. The second-order valence-corrected chi connectivity index (χ2v) is 5.93. The van der Waals surface area contributed by atoms with Crippen LogP contribution in [-0.4, -0.2) is 69.2 Å². The standard InChI is InChI=1S/C13H22N4O7/c1-6(2)11(21)24-16-13(14)3-4-17(12(22)15-13)10-9(20)8(19)7(5-18)23-10/h3-4,6-10,16,18-20H,5,14H2,1-2H3,(H,15,22)/t7-,8-,9-,10-,13?/m1/s1. The number of carbonyl (C=O) groups is 2. The Morgan fingerprint density at radius 2 is 2.21 bits per heavy atom. The minimum absolute atomic E-state index is 0.389. The van der Waals surface area contributed by atoms with Gasteiger partial charge in [-0.25, -0.2) is 4.79 Å². The topological polar surface area (TPSA) is 167 Å². The van der Waals surface area contributed by atoms with Crippen molar-refractivity contribution in [2.45, 2.75) is 44.2 Å². The molecular weight excluding hydrogens is 324 g/mol. The van der Waals surface area contributed by atoms with E-state index in [1.807, 2.05) is 0 Å². The Labute approximate surface area is 138 Å². The maximum absolute atomic E-state index is 12.2. The fourth-order valence-corrected chi connectivity index (χ4v) is 2.17. The summed E-state index contributed by atoms with van der Waals surface area (Å²) in [5, 5.41) is 31.1. The number of amides is 2. The number of nitrogens with one attached hydrogen (secondary N) is 2. The van der Waals surface area contributed by atoms with Crippen molar-refractivity contribution in [1.29, 1.82) is 0 Å². The number of nitrogens with two attached hydrogens (primary N) is 1. The smallest absolute Gasteiger partial charge is 0.327 e. The van der Waals surface area contributed by atoms with Gasteiger partial charge in [-0.15, -0.1) is 5.48 Å². The molecule has 11 heteroatoms. The van der Waals surface area contributed by atoms with E-state index < -0.39 is 48.9 Å². The summed E-state index contributed by atoms with van der Waals surface area (Å²) < 4.78 is 5.26. The van der Waals surface area contributed by atoms with Gasteiger partial charge in [0.2, 0.25) is 0 Å². The average Bonchev–Trinajstić information content (AvgIpc) is 2.80. The monoisotopic (exact) mass is 346 g/mol. The number of hydroxylamine groups is 1. The van der Waals surface area contributed by atoms with Gasteiger partial charge in [-0.05, 0) is 6.08 Å². The first-order valence-electron chi connectivity index (χ1n) is 7.37. The molecule has 136 valence electrons. The van der Waals surface area contributed by atoms with Crippen LogP contribution in [0.15, 0.2) is 12.3 Å². The van der Waals surface area contributed by atoms with Crippen LogP contribution in [0.1, 0.15) is 13.8 Å². The van der Waals surface area contributed by atoms with Crippen molar-refractivity contribution in [2.24, 2.45) is 11.7 Å². The van der Waals surface area contributed by atoms with Gasteiger partial charge < -0.3 is 30.2 Å². The van der Waals surface area contributed by atoms with Gasteiger partial charge in [-0.1, -0.05) is 13.8 Å². The van der Waals surface area contributed by atoms with Gasteiger partial charge in [-0.3, -0.25) is 15.4 Å². The van der Waals surface area contributed by atoms with E-state index in [4.69, 9.17) is 20.4 Å². The number of carbonyl (C=O) groups excluding carboxylic acids is 2. The van der Waals surface area contributed by atoms with Gasteiger partial charge in [0.15, 0.2) is 12.0 Å². The van der Waals surface area contributed by atoms with E-state index in [0.717, 1.165) is 4.90 Å². The van der Waals surface area contributed by atoms with Crippen LogP contribution in [0.25, 0.3) is 0 Å². The molecule has 2 rings (SSSR count). The van der Waals surface area contributed by atoms with E-state index in [-0.39, 0.29) is 5.92 Å². The third-order valence-corrected chi connectivity index (χ3v) is 3.63. The van der Waals surface area contributed by atoms with Gasteiger partial charge in [0.25, 0.3) is 0 Å². The fourth-order valence-electron chi connectivity index (χ4n) is 2.17. The number of nitrogens with zero attached hydrogens (tertiary/aromatic N) is 1. The highest BCUT2D eigenvalue weighted by Crippen LogP contribution is 2.25. The molecule has 1 saturated heterocycles. The van der Waals surface area contributed by atoms with Gasteiger partial charge in [0.05, 0.1) is 12.5 Å². The van der Waals surface area contributed by atoms with Crippen molar-refractivity contribution in [3.05, 3.63) is 12.3 Å². The molecule has 2 amide bonds. The molecule has 0 bridgehead atoms. The van der Waals surface area contributed by atoms with E-state index in [1.54, 1.807) is 13.8 Å². The lowest BCUT2D eigenvalue weighted by molar-refractivity contribution is -0.159. The molecule has 2 heterocycles. The Bertz CT molecular complexity index is 528. The number of hydrogen-bond acceptors (Lipinski definition) is 9. The molecule has 2 aliphatic rings. The van der Waals surface area contributed by atoms with E-state index in [0.29, 0.717) is 0 Å². The Hall–Kier alpha value is -1.76. The summed E-state index contributed by atoms with van der Waals surface area (Å²) >= 11 is 0. The van der Waals surface area contributed by atoms with E-state index in [2.05, 4.69) is 10.8 Å². The third kappa shape index (κ3) is 3.66. The zero-order chi connectivity index (χ0) is 18.1. The van der Waals surface area contributed by atoms with Crippen molar-refractivity contribution < 1.29 is 34.5 Å². The predicted molar refractivity (Wildman–Crippen MR) is 78.3 cm³/mol. The van der Waals surface area contributed by atoms with Gasteiger partial charge in [-0.2, -0.15) is 0 Å². The first kappa shape index (κ1) is 18.6. The Morgan fingerprint density at radius 1 is 1.54 bits per heavy atom. The van der Waals surface area contributed by atoms with E-state index in [9.17, 15) is 19.8 Å². The van der Waals surface area contributed by atoms with Gasteiger partial charge in [0, 0.05) is 6.20 Å². The molecule has 1 unspecified atom stereocenters. The van der Waals surface area contributed by atoms with Crippen LogP contribution in [0.4, 0.5) is 4.79 Å². The summed E-state index contributed by atoms with van der Waals surface area (Å²) in [4.78, 5) is 29.4. The maximum Gasteiger partial charge on any atom is 0.327 e. The highest BCUT2D eigenvalue weighted by atomic mass is 16.7. The van der Waals surface area contributed by atoms with Crippen molar-refractivity contribution in [3.8, 4) is 0 Å². The molecule has 0 aromatic heterocycles. The first-order chi connectivity index (χ1) is 11.2. The summed E-state index contributed by atoms with van der Waals surface area (Å²) in [6.45, 7) is 2.75. The number of aliphatic hydroxyl groups is 3. The third-order valence-electron chi connectivity index (χ3n) is 3.63. The van der Waals surface area contributed by atoms with Gasteiger partial charge >= 0.3 is 12.0 Å². The lowest BCUT2D eigenvalue weighted by Gasteiger charge is -2.37. The number of urea groups is 1. The SMILES string of the molecule is CC(C)C(=O)ONC1(N)C=CN([C@@H]2O[C@H](CO)[C@@H](O)[C@H]2O)C(=O)N1. The molecule has 0 spiro atoms. The van der Waals surface area contributed by atoms with Crippen LogP contribution in [0.5, 0.6) is 0 Å². The fraction of sp³-hybridized carbons (Fsp3) is 0.692. The molecule has 0 aromatic carbocycles. The van der Waals surface area contributed by atoms with Crippen molar-refractivity contribution in [2.75, 3.05) is 6.61 Å². The molecule has 24 heavy (non-hydrogen) atoms. The summed E-state index contributed by atoms with van der Waals surface area (Å²) in [7, 11) is 0. The molecule has 7 N–H and O–H groups in total. The summed E-state index contributed by atoms with van der Waals surface area (Å²) in [6.07, 6.45) is -2.46. The number of rotatable bonds is 5. The van der Waals surface area contributed by atoms with Crippen molar-refractivity contribution in [1.82, 2.24) is 15.7 Å². The number of hydrogen-bond donors (Lipinski definition) is 6. The maximum atomic E-state index is 12.2. The average molecular weight is 346 g/mol. The highest BCUT2D eigenvalue weighted by Gasteiger charge is 2.48. The largest absolute Gasteiger partial charge is 0.394 e. The van der Waals surface area contributed by atoms with Crippen LogP contribution in [0.2, 0.25) is 0 Å². The predicted octanol–water partition coefficient (Wildman–Crippen LogP) is -2.72. The molecule has 0 saturated carbocycles. The minimum atomic E-state index is -1.64. The molecule has 2 aliphatic heterocycles. The second kappa shape index (κ2) is 7.01. The first-order valence-corrected chi connectivity index (χ1v) is 7.37. The summed E-state index contributed by atoms with van der Waals surface area (Å²) in [5.74, 6) is -2.59. The molecule has 11 nitrogen and oxygen atoms in total. The normalized spacial score (nSPS) is 36.1. The van der Waals surface area contributed by atoms with Crippen LogP contribution < -0.4 is 16.5 Å². The highest BCUT2D eigenvalue weighted by molar-refractivity contribution is 5.78. The summed E-state index contributed by atoms with van der Waals surface area (Å²) in [6, 6.07) is -0.761. The second-order valence-electron chi connectivity index (χ2n) is 5.93. The Balaban J connectivity index is 2.04. The lowest BCUT2D eigenvalue weighted by Crippen LogP contribution is -2.69. The lowest BCUT2D eigenvalue weighted by atomic mass is 10.1. The molecular formula is C13H22N4O7. The minimum Gasteiger partial charge on any atom is -0.394 e. The van der Waals surface area contributed by atoms with E-state index in [1.165, 1.54) is 12.3 Å². The van der Waals surface area contributed by atoms with Crippen molar-refractivity contribution >= 4 is 12.0 Å². The Kier molecular flexibility index (Phi) is 5.42. The summed E-state index contributed by atoms with van der Waals surface area (Å²) in [5.41, 5.74) is 8.10. The van der Waals surface area contributed by atoms with Crippen molar-refractivity contribution in [3.63, 3.8) is 0 Å². The quantitative estimate of drug-likeness (QED) is 0.229. The van der Waals surface area contributed by atoms with Crippen LogP contribution >= 0.6 is 0 Å². The number of aliphatic hydroxyl groups excluding tert-OH is 3. The molecule has 5 atom stereocenters. The number of ether oxygens (including phenoxy) is 1.